The van der Waals surface area contributed by atoms with E-state index in [1.807, 2.05) is 13.0 Å². The van der Waals surface area contributed by atoms with Gasteiger partial charge in [-0.1, -0.05) is 12.1 Å². The lowest BCUT2D eigenvalue weighted by Crippen LogP contribution is -2.03. The van der Waals surface area contributed by atoms with Gasteiger partial charge in [0, 0.05) is 30.1 Å². The highest BCUT2D eigenvalue weighted by Crippen LogP contribution is 2.25. The molecule has 0 spiro atoms. The highest BCUT2D eigenvalue weighted by atomic mass is 32.2. The van der Waals surface area contributed by atoms with Gasteiger partial charge in [-0.05, 0) is 39.0 Å². The van der Waals surface area contributed by atoms with Gasteiger partial charge in [-0.15, -0.1) is 0 Å². The van der Waals surface area contributed by atoms with E-state index in [-0.39, 0.29) is 10.9 Å². The SMILES string of the molecule is Cc1nc2cnc(Nc3ccnc(-c4cccc(S(C)(=O)=O)c4)n3)cc2n1C(C)C. The van der Waals surface area contributed by atoms with Crippen LogP contribution in [0, 0.1) is 6.92 Å². The first kappa shape index (κ1) is 20.0. The Hall–Kier alpha value is -3.33. The molecule has 0 saturated carbocycles. The smallest absolute Gasteiger partial charge is 0.175 e. The largest absolute Gasteiger partial charge is 0.326 e. The Morgan fingerprint density at radius 2 is 1.83 bits per heavy atom. The number of aryl methyl sites for hydroxylation is 1. The van der Waals surface area contributed by atoms with Crippen LogP contribution in [-0.4, -0.2) is 39.2 Å². The number of nitrogens with one attached hydrogen (secondary N) is 1. The van der Waals surface area contributed by atoms with Crippen molar-refractivity contribution < 1.29 is 8.42 Å². The van der Waals surface area contributed by atoms with Crippen molar-refractivity contribution in [2.24, 2.45) is 0 Å². The zero-order valence-corrected chi connectivity index (χ0v) is 18.0. The second-order valence-electron chi connectivity index (χ2n) is 7.37. The van der Waals surface area contributed by atoms with E-state index in [9.17, 15) is 8.42 Å². The highest BCUT2D eigenvalue weighted by molar-refractivity contribution is 7.90. The van der Waals surface area contributed by atoms with Crippen molar-refractivity contribution in [1.29, 1.82) is 0 Å². The lowest BCUT2D eigenvalue weighted by molar-refractivity contribution is 0.600. The monoisotopic (exact) mass is 422 g/mol. The summed E-state index contributed by atoms with van der Waals surface area (Å²) in [6.45, 7) is 6.21. The highest BCUT2D eigenvalue weighted by Gasteiger charge is 2.13. The van der Waals surface area contributed by atoms with Crippen molar-refractivity contribution in [3.05, 3.63) is 54.6 Å². The predicted octanol–water partition coefficient (Wildman–Crippen LogP) is 3.92. The maximum atomic E-state index is 11.8. The van der Waals surface area contributed by atoms with Gasteiger partial charge in [-0.25, -0.2) is 28.4 Å². The van der Waals surface area contributed by atoms with Crippen LogP contribution in [0.4, 0.5) is 11.6 Å². The standard InChI is InChI=1S/C21H22N6O2S/c1-13(2)27-14(3)24-17-12-23-20(11-18(17)27)25-19-8-9-22-21(26-19)15-6-5-7-16(10-15)30(4,28)29/h5-13H,1-4H3,(H,22,23,25,26). The zero-order chi connectivity index (χ0) is 21.5. The molecule has 0 amide bonds. The molecule has 0 unspecified atom stereocenters. The Morgan fingerprint density at radius 3 is 2.57 bits per heavy atom. The van der Waals surface area contributed by atoms with Gasteiger partial charge in [0.15, 0.2) is 15.7 Å². The van der Waals surface area contributed by atoms with Crippen molar-refractivity contribution in [2.75, 3.05) is 11.6 Å². The third kappa shape index (κ3) is 3.88. The number of anilines is 2. The van der Waals surface area contributed by atoms with E-state index in [1.165, 1.54) is 6.26 Å². The number of benzene rings is 1. The van der Waals surface area contributed by atoms with Crippen LogP contribution in [0.15, 0.2) is 53.7 Å². The minimum Gasteiger partial charge on any atom is -0.326 e. The molecule has 3 heterocycles. The van der Waals surface area contributed by atoms with Gasteiger partial charge in [-0.3, -0.25) is 0 Å². The molecular weight excluding hydrogens is 400 g/mol. The first-order valence-electron chi connectivity index (χ1n) is 9.47. The fourth-order valence-electron chi connectivity index (χ4n) is 3.40. The maximum absolute atomic E-state index is 11.8. The summed E-state index contributed by atoms with van der Waals surface area (Å²) in [5, 5.41) is 3.20. The summed E-state index contributed by atoms with van der Waals surface area (Å²) in [6.07, 6.45) is 4.54. The van der Waals surface area contributed by atoms with E-state index < -0.39 is 9.84 Å². The summed E-state index contributed by atoms with van der Waals surface area (Å²) >= 11 is 0. The van der Waals surface area contributed by atoms with E-state index in [0.717, 1.165) is 16.9 Å². The van der Waals surface area contributed by atoms with Crippen LogP contribution in [0.1, 0.15) is 25.7 Å². The Morgan fingerprint density at radius 1 is 1.03 bits per heavy atom. The summed E-state index contributed by atoms with van der Waals surface area (Å²) < 4.78 is 25.8. The lowest BCUT2D eigenvalue weighted by Gasteiger charge is -2.11. The van der Waals surface area contributed by atoms with E-state index in [4.69, 9.17) is 0 Å². The van der Waals surface area contributed by atoms with Crippen molar-refractivity contribution in [1.82, 2.24) is 24.5 Å². The number of pyridine rings is 1. The summed E-state index contributed by atoms with van der Waals surface area (Å²) in [4.78, 5) is 18.0. The topological polar surface area (TPSA) is 103 Å². The number of hydrogen-bond donors (Lipinski definition) is 1. The fraction of sp³-hybridized carbons (Fsp3) is 0.238. The molecule has 1 aromatic carbocycles. The van der Waals surface area contributed by atoms with Crippen LogP contribution in [0.5, 0.6) is 0 Å². The van der Waals surface area contributed by atoms with E-state index in [2.05, 4.69) is 43.7 Å². The van der Waals surface area contributed by atoms with Crippen molar-refractivity contribution >= 4 is 32.5 Å². The van der Waals surface area contributed by atoms with Gasteiger partial charge in [0.2, 0.25) is 0 Å². The van der Waals surface area contributed by atoms with Crippen LogP contribution < -0.4 is 5.32 Å². The molecule has 1 N–H and O–H groups in total. The second-order valence-corrected chi connectivity index (χ2v) is 9.39. The molecule has 154 valence electrons. The Balaban J connectivity index is 1.68. The van der Waals surface area contributed by atoms with Crippen molar-refractivity contribution in [3.8, 4) is 11.4 Å². The van der Waals surface area contributed by atoms with Gasteiger partial charge < -0.3 is 9.88 Å². The van der Waals surface area contributed by atoms with Crippen LogP contribution >= 0.6 is 0 Å². The Kier molecular flexibility index (Phi) is 4.98. The van der Waals surface area contributed by atoms with Crippen LogP contribution in [0.25, 0.3) is 22.4 Å². The first-order chi connectivity index (χ1) is 14.2. The first-order valence-corrected chi connectivity index (χ1v) is 11.4. The molecular formula is C21H22N6O2S. The fourth-order valence-corrected chi connectivity index (χ4v) is 4.07. The molecule has 0 aliphatic heterocycles. The molecule has 3 aromatic heterocycles. The number of sulfone groups is 1. The Labute approximate surface area is 175 Å². The van der Waals surface area contributed by atoms with Gasteiger partial charge in [0.05, 0.1) is 16.6 Å². The third-order valence-corrected chi connectivity index (χ3v) is 5.81. The molecule has 4 rings (SSSR count). The molecule has 8 nitrogen and oxygen atoms in total. The van der Waals surface area contributed by atoms with Gasteiger partial charge in [0.25, 0.3) is 0 Å². The van der Waals surface area contributed by atoms with Gasteiger partial charge in [0.1, 0.15) is 23.0 Å². The molecule has 0 aliphatic rings. The van der Waals surface area contributed by atoms with Crippen LogP contribution in [0.2, 0.25) is 0 Å². The summed E-state index contributed by atoms with van der Waals surface area (Å²) in [5.74, 6) is 2.56. The van der Waals surface area contributed by atoms with Crippen LogP contribution in [-0.2, 0) is 9.84 Å². The minimum atomic E-state index is -3.31. The van der Waals surface area contributed by atoms with E-state index >= 15 is 0 Å². The molecule has 30 heavy (non-hydrogen) atoms. The maximum Gasteiger partial charge on any atom is 0.175 e. The Bertz CT molecular complexity index is 1340. The average Bonchev–Trinajstić information content (AvgIpc) is 3.03. The average molecular weight is 423 g/mol. The van der Waals surface area contributed by atoms with Crippen molar-refractivity contribution in [2.45, 2.75) is 31.7 Å². The van der Waals surface area contributed by atoms with E-state index in [1.54, 1.807) is 42.7 Å². The van der Waals surface area contributed by atoms with E-state index in [0.29, 0.717) is 23.0 Å². The normalized spacial score (nSPS) is 11.9. The molecule has 4 aromatic rings. The van der Waals surface area contributed by atoms with Crippen LogP contribution in [0.3, 0.4) is 0 Å². The summed E-state index contributed by atoms with van der Waals surface area (Å²) in [6, 6.07) is 10.5. The predicted molar refractivity (Wildman–Crippen MR) is 117 cm³/mol. The molecule has 9 heteroatoms. The molecule has 0 saturated heterocycles. The summed E-state index contributed by atoms with van der Waals surface area (Å²) in [7, 11) is -3.31. The number of aromatic nitrogens is 5. The second kappa shape index (κ2) is 7.49. The van der Waals surface area contributed by atoms with Gasteiger partial charge in [-0.2, -0.15) is 0 Å². The summed E-state index contributed by atoms with van der Waals surface area (Å²) in [5.41, 5.74) is 2.46. The molecule has 0 atom stereocenters. The third-order valence-electron chi connectivity index (χ3n) is 4.70. The number of hydrogen-bond acceptors (Lipinski definition) is 7. The number of rotatable bonds is 5. The zero-order valence-electron chi connectivity index (χ0n) is 17.2. The molecule has 0 bridgehead atoms. The number of fused-ring (bicyclic) bond motifs is 1. The number of imidazole rings is 1. The van der Waals surface area contributed by atoms with Crippen molar-refractivity contribution in [3.63, 3.8) is 0 Å². The molecule has 0 fully saturated rings. The molecule has 0 aliphatic carbocycles. The quantitative estimate of drug-likeness (QED) is 0.520. The van der Waals surface area contributed by atoms with Gasteiger partial charge >= 0.3 is 0 Å². The number of nitrogens with zero attached hydrogens (tertiary/aromatic N) is 5. The minimum absolute atomic E-state index is 0.228. The lowest BCUT2D eigenvalue weighted by atomic mass is 10.2. The molecule has 0 radical (unpaired) electrons.